The summed E-state index contributed by atoms with van der Waals surface area (Å²) >= 11 is 0. The first-order valence-corrected chi connectivity index (χ1v) is 10.5. The Morgan fingerprint density at radius 3 is 2.66 bits per heavy atom. The lowest BCUT2D eigenvalue weighted by Gasteiger charge is -2.27. The molecule has 0 aliphatic rings. The number of carboxylic acid groups (broad SMARTS) is 1. The predicted molar refractivity (Wildman–Crippen MR) is 123 cm³/mol. The predicted octanol–water partition coefficient (Wildman–Crippen LogP) is 5.52. The number of aromatic nitrogens is 2. The molecule has 0 bridgehead atoms. The van der Waals surface area contributed by atoms with E-state index in [1.54, 1.807) is 12.3 Å². The Hall–Kier alpha value is -3.87. The molecule has 4 rings (SSSR count). The molecule has 1 amide bonds. The topological polar surface area (TPSA) is 70.4 Å². The summed E-state index contributed by atoms with van der Waals surface area (Å²) in [4.78, 5) is 15.3. The third-order valence-corrected chi connectivity index (χ3v) is 5.47. The Labute approximate surface area is 185 Å². The molecule has 1 atom stereocenters. The highest BCUT2D eigenvalue weighted by molar-refractivity contribution is 5.85. The number of nitrogens with zero attached hydrogens (tertiary/aromatic N) is 3. The van der Waals surface area contributed by atoms with Gasteiger partial charge in [0.25, 0.3) is 0 Å². The standard InChI is InChI=1S/C25H25FN4O2/c1-3-13-29(23-11-12-27-15-21(23)26)30-16-17(2)20-14-19(9-10-22(20)30)24(28-25(31)32)18-7-5-4-6-8-18/h4-12,14-16,24,28H,3,13H2,1-2H3,(H,31,32). The van der Waals surface area contributed by atoms with Crippen LogP contribution in [0.25, 0.3) is 10.9 Å². The van der Waals surface area contributed by atoms with Gasteiger partial charge in [0.05, 0.1) is 23.4 Å². The molecule has 0 saturated carbocycles. The number of fused-ring (bicyclic) bond motifs is 1. The zero-order chi connectivity index (χ0) is 22.7. The third kappa shape index (κ3) is 4.14. The van der Waals surface area contributed by atoms with Gasteiger partial charge >= 0.3 is 6.09 Å². The molecule has 1 unspecified atom stereocenters. The summed E-state index contributed by atoms with van der Waals surface area (Å²) in [6.07, 6.45) is 4.52. The van der Waals surface area contributed by atoms with Crippen LogP contribution in [0.4, 0.5) is 14.9 Å². The van der Waals surface area contributed by atoms with Crippen molar-refractivity contribution in [3.05, 3.63) is 95.7 Å². The molecule has 2 heterocycles. The van der Waals surface area contributed by atoms with Gasteiger partial charge in [-0.05, 0) is 48.2 Å². The van der Waals surface area contributed by atoms with Crippen LogP contribution in [0.15, 0.2) is 73.2 Å². The first-order chi connectivity index (χ1) is 15.5. The number of halogens is 1. The van der Waals surface area contributed by atoms with Crippen LogP contribution in [-0.4, -0.2) is 27.4 Å². The monoisotopic (exact) mass is 432 g/mol. The molecule has 0 spiro atoms. The van der Waals surface area contributed by atoms with Crippen molar-refractivity contribution in [3.8, 4) is 0 Å². The summed E-state index contributed by atoms with van der Waals surface area (Å²) in [5.74, 6) is -0.383. The number of nitrogens with one attached hydrogen (secondary N) is 1. The fraction of sp³-hybridized carbons (Fsp3) is 0.200. The molecular formula is C25H25FN4O2. The number of benzene rings is 2. The minimum absolute atomic E-state index is 0.383. The van der Waals surface area contributed by atoms with E-state index in [0.717, 1.165) is 34.0 Å². The summed E-state index contributed by atoms with van der Waals surface area (Å²) in [7, 11) is 0. The van der Waals surface area contributed by atoms with Gasteiger partial charge in [0.2, 0.25) is 0 Å². The average Bonchev–Trinajstić information content (AvgIpc) is 3.12. The highest BCUT2D eigenvalue weighted by Gasteiger charge is 2.20. The minimum Gasteiger partial charge on any atom is -0.465 e. The summed E-state index contributed by atoms with van der Waals surface area (Å²) in [6, 6.07) is 16.5. The molecule has 164 valence electrons. The number of rotatable bonds is 7. The van der Waals surface area contributed by atoms with E-state index < -0.39 is 12.1 Å². The van der Waals surface area contributed by atoms with Crippen molar-refractivity contribution in [1.29, 1.82) is 0 Å². The molecule has 0 aliphatic heterocycles. The quantitative estimate of drug-likeness (QED) is 0.403. The maximum Gasteiger partial charge on any atom is 0.405 e. The fourth-order valence-electron chi connectivity index (χ4n) is 4.03. The van der Waals surface area contributed by atoms with E-state index in [4.69, 9.17) is 0 Å². The van der Waals surface area contributed by atoms with Crippen molar-refractivity contribution in [1.82, 2.24) is 15.0 Å². The number of hydrogen-bond donors (Lipinski definition) is 2. The molecule has 32 heavy (non-hydrogen) atoms. The van der Waals surface area contributed by atoms with Crippen molar-refractivity contribution in [2.24, 2.45) is 0 Å². The van der Waals surface area contributed by atoms with E-state index in [-0.39, 0.29) is 5.82 Å². The molecule has 0 aliphatic carbocycles. The number of aryl methyl sites for hydroxylation is 1. The second-order valence-electron chi connectivity index (χ2n) is 7.68. The number of pyridine rings is 1. The van der Waals surface area contributed by atoms with E-state index in [2.05, 4.69) is 10.3 Å². The summed E-state index contributed by atoms with van der Waals surface area (Å²) in [6.45, 7) is 4.67. The van der Waals surface area contributed by atoms with Gasteiger partial charge in [0.1, 0.15) is 0 Å². The minimum atomic E-state index is -1.09. The van der Waals surface area contributed by atoms with E-state index in [0.29, 0.717) is 12.2 Å². The van der Waals surface area contributed by atoms with Gasteiger partial charge in [-0.1, -0.05) is 43.3 Å². The Morgan fingerprint density at radius 1 is 1.19 bits per heavy atom. The van der Waals surface area contributed by atoms with Crippen LogP contribution in [0, 0.1) is 12.7 Å². The maximum atomic E-state index is 14.6. The summed E-state index contributed by atoms with van der Waals surface area (Å²) < 4.78 is 16.5. The molecule has 0 radical (unpaired) electrons. The van der Waals surface area contributed by atoms with Crippen LogP contribution in [0.3, 0.4) is 0 Å². The van der Waals surface area contributed by atoms with Crippen LogP contribution in [-0.2, 0) is 0 Å². The van der Waals surface area contributed by atoms with Crippen molar-refractivity contribution in [2.75, 3.05) is 11.6 Å². The number of carbonyl (C=O) groups is 1. The first kappa shape index (κ1) is 21.4. The van der Waals surface area contributed by atoms with Crippen molar-refractivity contribution < 1.29 is 14.3 Å². The third-order valence-electron chi connectivity index (χ3n) is 5.47. The Bertz CT molecular complexity index is 1240. The zero-order valence-electron chi connectivity index (χ0n) is 18.0. The second kappa shape index (κ2) is 9.09. The van der Waals surface area contributed by atoms with Crippen LogP contribution < -0.4 is 10.3 Å². The molecule has 4 aromatic rings. The van der Waals surface area contributed by atoms with Gasteiger partial charge in [-0.15, -0.1) is 0 Å². The van der Waals surface area contributed by atoms with Crippen LogP contribution in [0.2, 0.25) is 0 Å². The van der Waals surface area contributed by atoms with Crippen LogP contribution in [0.5, 0.6) is 0 Å². The van der Waals surface area contributed by atoms with Gasteiger partial charge in [0.15, 0.2) is 5.82 Å². The normalized spacial score (nSPS) is 12.0. The second-order valence-corrected chi connectivity index (χ2v) is 7.68. The van der Waals surface area contributed by atoms with Crippen molar-refractivity contribution in [3.63, 3.8) is 0 Å². The van der Waals surface area contributed by atoms with Crippen LogP contribution in [0.1, 0.15) is 36.1 Å². The van der Waals surface area contributed by atoms with Gasteiger partial charge in [-0.25, -0.2) is 9.18 Å². The number of amides is 1. The lowest BCUT2D eigenvalue weighted by Crippen LogP contribution is -2.30. The largest absolute Gasteiger partial charge is 0.465 e. The van der Waals surface area contributed by atoms with E-state index in [9.17, 15) is 14.3 Å². The number of hydrogen-bond acceptors (Lipinski definition) is 3. The van der Waals surface area contributed by atoms with E-state index in [1.807, 2.05) is 78.3 Å². The molecule has 2 aromatic carbocycles. The lowest BCUT2D eigenvalue weighted by atomic mass is 9.97. The lowest BCUT2D eigenvalue weighted by molar-refractivity contribution is 0.191. The van der Waals surface area contributed by atoms with Crippen molar-refractivity contribution >= 4 is 22.7 Å². The maximum absolute atomic E-state index is 14.6. The SMILES string of the molecule is CCCN(c1ccncc1F)n1cc(C)c2cc(C(NC(=O)O)c3ccccc3)ccc21. The zero-order valence-corrected chi connectivity index (χ0v) is 18.0. The van der Waals surface area contributed by atoms with Gasteiger partial charge in [0, 0.05) is 24.3 Å². The number of anilines is 1. The first-order valence-electron chi connectivity index (χ1n) is 10.5. The van der Waals surface area contributed by atoms with Gasteiger partial charge in [-0.2, -0.15) is 0 Å². The summed E-state index contributed by atoms with van der Waals surface area (Å²) in [5.41, 5.74) is 4.08. The molecule has 2 aromatic heterocycles. The Balaban J connectivity index is 1.82. The highest BCUT2D eigenvalue weighted by atomic mass is 19.1. The highest BCUT2D eigenvalue weighted by Crippen LogP contribution is 2.30. The van der Waals surface area contributed by atoms with E-state index >= 15 is 0 Å². The van der Waals surface area contributed by atoms with Crippen LogP contribution >= 0.6 is 0 Å². The van der Waals surface area contributed by atoms with E-state index in [1.165, 1.54) is 6.20 Å². The van der Waals surface area contributed by atoms with Gasteiger partial charge < -0.3 is 10.4 Å². The van der Waals surface area contributed by atoms with Gasteiger partial charge in [-0.3, -0.25) is 14.7 Å². The summed E-state index contributed by atoms with van der Waals surface area (Å²) in [5, 5.41) is 14.9. The molecule has 2 N–H and O–H groups in total. The smallest absolute Gasteiger partial charge is 0.405 e. The molecule has 0 saturated heterocycles. The molecular weight excluding hydrogens is 407 g/mol. The Kier molecular flexibility index (Phi) is 6.07. The Morgan fingerprint density at radius 2 is 1.97 bits per heavy atom. The van der Waals surface area contributed by atoms with Crippen molar-refractivity contribution in [2.45, 2.75) is 26.3 Å². The molecule has 0 fully saturated rings. The molecule has 6 nitrogen and oxygen atoms in total. The fourth-order valence-corrected chi connectivity index (χ4v) is 4.03. The average molecular weight is 432 g/mol. The molecule has 7 heteroatoms.